The van der Waals surface area contributed by atoms with Crippen LogP contribution in [-0.2, 0) is 0 Å². The molecule has 0 saturated carbocycles. The number of hydrogen-bond acceptors (Lipinski definition) is 2. The second-order valence-electron chi connectivity index (χ2n) is 2.73. The Balaban J connectivity index is 0.000000980. The summed E-state index contributed by atoms with van der Waals surface area (Å²) in [4.78, 5) is 0. The number of nitrogens with zero attached hydrogens (tertiary/aromatic N) is 2. The summed E-state index contributed by atoms with van der Waals surface area (Å²) in [6.45, 7) is 1.80. The molecule has 0 aliphatic rings. The molecule has 1 aromatic carbocycles. The largest absolute Gasteiger partial charge is 0.486 e. The van der Waals surface area contributed by atoms with Crippen LogP contribution in [-0.4, -0.2) is 0 Å². The van der Waals surface area contributed by atoms with Crippen molar-refractivity contribution in [2.24, 2.45) is 0 Å². The van der Waals surface area contributed by atoms with Gasteiger partial charge in [0.2, 0.25) is 11.4 Å². The van der Waals surface area contributed by atoms with Crippen LogP contribution in [0.4, 0.5) is 0 Å². The van der Waals surface area contributed by atoms with Crippen LogP contribution in [0.3, 0.4) is 0 Å². The van der Waals surface area contributed by atoms with Crippen LogP contribution in [0.2, 0.25) is 0 Å². The minimum absolute atomic E-state index is 0. The average Bonchev–Trinajstić information content (AvgIpc) is 2.49. The second-order valence-corrected chi connectivity index (χ2v) is 2.73. The lowest BCUT2D eigenvalue weighted by Gasteiger charge is -1.96. The van der Waals surface area contributed by atoms with Crippen molar-refractivity contribution in [3.05, 3.63) is 41.6 Å². The summed E-state index contributed by atoms with van der Waals surface area (Å²) in [7, 11) is 0. The van der Waals surface area contributed by atoms with Gasteiger partial charge in [0.25, 0.3) is 5.55 Å². The summed E-state index contributed by atoms with van der Waals surface area (Å²) in [6.07, 6.45) is 0. The topological polar surface area (TPSA) is 55.0 Å². The van der Waals surface area contributed by atoms with E-state index >= 15 is 0 Å². The molecule has 0 unspecified atom stereocenters. The van der Waals surface area contributed by atoms with E-state index in [1.807, 2.05) is 30.3 Å². The molecule has 5 heteroatoms. The van der Waals surface area contributed by atoms with Crippen LogP contribution >= 0.6 is 12.4 Å². The Bertz CT molecular complexity index is 460. The number of rotatable bonds is 1. The fourth-order valence-corrected chi connectivity index (χ4v) is 1.12. The van der Waals surface area contributed by atoms with Crippen molar-refractivity contribution in [1.29, 1.82) is 5.41 Å². The van der Waals surface area contributed by atoms with Gasteiger partial charge in [-0.15, -0.1) is 12.4 Å². The van der Waals surface area contributed by atoms with Gasteiger partial charge in [-0.05, 0) is 0 Å². The zero-order valence-electron chi connectivity index (χ0n) is 7.60. The zero-order chi connectivity index (χ0) is 9.26. The number of nitrogens with one attached hydrogen (secondary N) is 1. The standard InChI is InChI=1S/C9H9N3O.ClH/c1-7-9(10)13-11-12(7)8-5-3-2-4-6-8;/h2-6,10H,1H3;1H. The molecule has 1 N–H and O–H groups in total. The maximum absolute atomic E-state index is 7.34. The van der Waals surface area contributed by atoms with Gasteiger partial charge in [0.1, 0.15) is 0 Å². The van der Waals surface area contributed by atoms with Gasteiger partial charge in [-0.25, -0.2) is 9.95 Å². The first-order valence-corrected chi connectivity index (χ1v) is 3.94. The van der Waals surface area contributed by atoms with E-state index in [0.29, 0.717) is 5.69 Å². The molecule has 1 aromatic heterocycles. The summed E-state index contributed by atoms with van der Waals surface area (Å²) in [5.74, 6) is 0. The number of benzene rings is 1. The highest BCUT2D eigenvalue weighted by atomic mass is 35.5. The van der Waals surface area contributed by atoms with E-state index in [1.54, 1.807) is 11.6 Å². The van der Waals surface area contributed by atoms with Crippen molar-refractivity contribution in [3.8, 4) is 5.69 Å². The van der Waals surface area contributed by atoms with Gasteiger partial charge < -0.3 is 4.52 Å². The Morgan fingerprint density at radius 2 is 1.93 bits per heavy atom. The summed E-state index contributed by atoms with van der Waals surface area (Å²) in [5.41, 5.74) is 1.71. The summed E-state index contributed by atoms with van der Waals surface area (Å²) in [5, 5.41) is 11.1. The molecule has 0 spiro atoms. The summed E-state index contributed by atoms with van der Waals surface area (Å²) < 4.78 is 6.33. The zero-order valence-corrected chi connectivity index (χ0v) is 8.41. The monoisotopic (exact) mass is 211 g/mol. The Morgan fingerprint density at radius 1 is 1.29 bits per heavy atom. The molecule has 0 radical (unpaired) electrons. The third kappa shape index (κ3) is 1.70. The fourth-order valence-electron chi connectivity index (χ4n) is 1.12. The van der Waals surface area contributed by atoms with Gasteiger partial charge in [-0.2, -0.15) is 0 Å². The smallest absolute Gasteiger partial charge is 0.268 e. The lowest BCUT2D eigenvalue weighted by atomic mass is 10.3. The quantitative estimate of drug-likeness (QED) is 0.707. The van der Waals surface area contributed by atoms with Crippen molar-refractivity contribution in [1.82, 2.24) is 5.27 Å². The number of hydrogen-bond donors (Lipinski definition) is 1. The Hall–Kier alpha value is -1.55. The van der Waals surface area contributed by atoms with Gasteiger partial charge in [0.15, 0.2) is 0 Å². The predicted octanol–water partition coefficient (Wildman–Crippen LogP) is 0.723. The van der Waals surface area contributed by atoms with Crippen LogP contribution in [0, 0.1) is 12.3 Å². The minimum Gasteiger partial charge on any atom is -0.486 e. The molecule has 0 fully saturated rings. The van der Waals surface area contributed by atoms with Crippen molar-refractivity contribution in [3.63, 3.8) is 0 Å². The first kappa shape index (κ1) is 10.5. The van der Waals surface area contributed by atoms with Crippen LogP contribution in [0.5, 0.6) is 0 Å². The van der Waals surface area contributed by atoms with Gasteiger partial charge in [-0.3, -0.25) is 5.41 Å². The molecular weight excluding hydrogens is 202 g/mol. The number of halogens is 1. The van der Waals surface area contributed by atoms with E-state index in [1.165, 1.54) is 0 Å². The molecular formula is C9H10ClN3O. The molecule has 74 valence electrons. The summed E-state index contributed by atoms with van der Waals surface area (Å²) >= 11 is 0. The fraction of sp³-hybridized carbons (Fsp3) is 0.111. The van der Waals surface area contributed by atoms with Crippen LogP contribution in [0.25, 0.3) is 5.69 Å². The van der Waals surface area contributed by atoms with Gasteiger partial charge in [0.05, 0.1) is 0 Å². The first-order chi connectivity index (χ1) is 6.29. The SMILES string of the molecule is Cc1c(=N)o[n-][n+]1-c1ccccc1.Cl. The summed E-state index contributed by atoms with van der Waals surface area (Å²) in [6, 6.07) is 9.59. The highest BCUT2D eigenvalue weighted by Crippen LogP contribution is 1.95. The minimum atomic E-state index is 0. The van der Waals surface area contributed by atoms with E-state index in [2.05, 4.69) is 5.27 Å². The normalized spacial score (nSPS) is 9.50. The molecule has 0 atom stereocenters. The molecule has 0 amide bonds. The van der Waals surface area contributed by atoms with E-state index in [4.69, 9.17) is 9.93 Å². The third-order valence-electron chi connectivity index (χ3n) is 1.86. The lowest BCUT2D eigenvalue weighted by Crippen LogP contribution is -2.38. The Labute approximate surface area is 87.1 Å². The number of para-hydroxylation sites is 1. The maximum atomic E-state index is 7.34. The van der Waals surface area contributed by atoms with E-state index < -0.39 is 0 Å². The Kier molecular flexibility index (Phi) is 3.09. The third-order valence-corrected chi connectivity index (χ3v) is 1.86. The molecule has 0 aliphatic carbocycles. The molecule has 2 aromatic rings. The van der Waals surface area contributed by atoms with E-state index in [9.17, 15) is 0 Å². The van der Waals surface area contributed by atoms with Gasteiger partial charge in [-0.1, -0.05) is 18.2 Å². The Morgan fingerprint density at radius 3 is 2.43 bits per heavy atom. The molecule has 0 bridgehead atoms. The lowest BCUT2D eigenvalue weighted by molar-refractivity contribution is -0.682. The molecule has 0 saturated heterocycles. The van der Waals surface area contributed by atoms with Crippen molar-refractivity contribution >= 4 is 12.4 Å². The van der Waals surface area contributed by atoms with Crippen molar-refractivity contribution < 1.29 is 9.20 Å². The highest BCUT2D eigenvalue weighted by molar-refractivity contribution is 5.85. The van der Waals surface area contributed by atoms with E-state index in [-0.39, 0.29) is 18.0 Å². The van der Waals surface area contributed by atoms with Gasteiger partial charge >= 0.3 is 0 Å². The molecule has 0 aliphatic heterocycles. The van der Waals surface area contributed by atoms with Crippen molar-refractivity contribution in [2.75, 3.05) is 0 Å². The van der Waals surface area contributed by atoms with Gasteiger partial charge in [0, 0.05) is 19.1 Å². The second kappa shape index (κ2) is 4.11. The predicted molar refractivity (Wildman–Crippen MR) is 51.4 cm³/mol. The average molecular weight is 212 g/mol. The van der Waals surface area contributed by atoms with Crippen LogP contribution in [0.15, 0.2) is 34.9 Å². The highest BCUT2D eigenvalue weighted by Gasteiger charge is 2.07. The molecule has 1 heterocycles. The first-order valence-electron chi connectivity index (χ1n) is 3.94. The van der Waals surface area contributed by atoms with E-state index in [0.717, 1.165) is 5.69 Å². The maximum Gasteiger partial charge on any atom is 0.268 e. The van der Waals surface area contributed by atoms with Crippen LogP contribution in [0.1, 0.15) is 5.69 Å². The van der Waals surface area contributed by atoms with Crippen LogP contribution < -0.4 is 15.5 Å². The van der Waals surface area contributed by atoms with Crippen molar-refractivity contribution in [2.45, 2.75) is 6.92 Å². The molecule has 14 heavy (non-hydrogen) atoms. The molecule has 4 nitrogen and oxygen atoms in total. The molecule has 2 rings (SSSR count). The number of aromatic nitrogens is 2.